The van der Waals surface area contributed by atoms with Gasteiger partial charge in [0, 0.05) is 12.8 Å². The van der Waals surface area contributed by atoms with Crippen LogP contribution < -0.4 is 10.2 Å². The number of aliphatic carboxylic acids is 1. The molecule has 0 bridgehead atoms. The Morgan fingerprint density at radius 2 is 2.00 bits per heavy atom. The second-order valence-corrected chi connectivity index (χ2v) is 4.71. The van der Waals surface area contributed by atoms with Gasteiger partial charge in [-0.15, -0.1) is 0 Å². The van der Waals surface area contributed by atoms with Crippen molar-refractivity contribution in [2.24, 2.45) is 0 Å². The molecule has 0 saturated heterocycles. The second-order valence-electron chi connectivity index (χ2n) is 4.71. The fourth-order valence-corrected chi connectivity index (χ4v) is 2.02. The molecule has 21 heavy (non-hydrogen) atoms. The molecule has 0 aliphatic carbocycles. The zero-order valence-electron chi connectivity index (χ0n) is 12.4. The number of hydrogen-bond acceptors (Lipinski definition) is 3. The monoisotopic (exact) mass is 294 g/mol. The van der Waals surface area contributed by atoms with E-state index in [0.29, 0.717) is 12.3 Å². The first-order valence-electron chi connectivity index (χ1n) is 6.92. The van der Waals surface area contributed by atoms with Gasteiger partial charge in [-0.1, -0.05) is 31.5 Å². The molecule has 2 N–H and O–H groups in total. The predicted octanol–water partition coefficient (Wildman–Crippen LogP) is 2.10. The summed E-state index contributed by atoms with van der Waals surface area (Å²) in [7, 11) is 1.57. The van der Waals surface area contributed by atoms with Crippen LogP contribution in [-0.4, -0.2) is 43.4 Å². The Balaban J connectivity index is 2.82. The van der Waals surface area contributed by atoms with Gasteiger partial charge in [0.1, 0.15) is 6.54 Å². The first-order valence-corrected chi connectivity index (χ1v) is 6.92. The summed E-state index contributed by atoms with van der Waals surface area (Å²) in [4.78, 5) is 24.5. The van der Waals surface area contributed by atoms with Gasteiger partial charge in [0.05, 0.1) is 12.6 Å². The third-order valence-corrected chi connectivity index (χ3v) is 2.94. The van der Waals surface area contributed by atoms with Crippen LogP contribution >= 0.6 is 0 Å². The Kier molecular flexibility index (Phi) is 7.25. The number of nitrogens with zero attached hydrogens (tertiary/aromatic N) is 1. The zero-order valence-corrected chi connectivity index (χ0v) is 12.4. The Morgan fingerprint density at radius 1 is 1.33 bits per heavy atom. The number of carboxylic acids is 1. The van der Waals surface area contributed by atoms with Gasteiger partial charge in [-0.25, -0.2) is 4.79 Å². The van der Waals surface area contributed by atoms with E-state index in [1.54, 1.807) is 31.4 Å². The van der Waals surface area contributed by atoms with Gasteiger partial charge in [0.25, 0.3) is 0 Å². The van der Waals surface area contributed by atoms with Crippen molar-refractivity contribution in [2.75, 3.05) is 25.2 Å². The smallest absolute Gasteiger partial charge is 0.323 e. The standard InChI is InChI=1S/C15H22N2O4/c1-3-7-12(11-21-2)16-15(20)17(10-14(18)19)13-8-5-4-6-9-13/h4-6,8-9,12H,3,7,10-11H2,1-2H3,(H,16,20)(H,18,19). The molecule has 0 aliphatic rings. The highest BCUT2D eigenvalue weighted by Gasteiger charge is 2.21. The Labute approximate surface area is 124 Å². The van der Waals surface area contributed by atoms with Crippen molar-refractivity contribution in [3.05, 3.63) is 30.3 Å². The molecule has 0 fully saturated rings. The summed E-state index contributed by atoms with van der Waals surface area (Å²) in [5.74, 6) is -1.06. The van der Waals surface area contributed by atoms with E-state index < -0.39 is 12.0 Å². The topological polar surface area (TPSA) is 78.9 Å². The summed E-state index contributed by atoms with van der Waals surface area (Å²) in [5, 5.41) is 11.8. The highest BCUT2D eigenvalue weighted by molar-refractivity contribution is 5.96. The van der Waals surface area contributed by atoms with Crippen molar-refractivity contribution >= 4 is 17.7 Å². The molecule has 6 heteroatoms. The summed E-state index contributed by atoms with van der Waals surface area (Å²) < 4.78 is 5.07. The number of ether oxygens (including phenoxy) is 1. The first-order chi connectivity index (χ1) is 10.1. The number of anilines is 1. The summed E-state index contributed by atoms with van der Waals surface area (Å²) in [6.45, 7) is 2.03. The highest BCUT2D eigenvalue weighted by atomic mass is 16.5. The largest absolute Gasteiger partial charge is 0.480 e. The van der Waals surface area contributed by atoms with E-state index >= 15 is 0 Å². The molecule has 1 unspecified atom stereocenters. The van der Waals surface area contributed by atoms with E-state index in [4.69, 9.17) is 9.84 Å². The summed E-state index contributed by atoms with van der Waals surface area (Å²) >= 11 is 0. The van der Waals surface area contributed by atoms with Crippen molar-refractivity contribution in [3.8, 4) is 0 Å². The van der Waals surface area contributed by atoms with Gasteiger partial charge in [0.15, 0.2) is 0 Å². The molecule has 116 valence electrons. The van der Waals surface area contributed by atoms with Crippen LogP contribution in [0.25, 0.3) is 0 Å². The molecule has 0 saturated carbocycles. The van der Waals surface area contributed by atoms with Crippen LogP contribution in [0.3, 0.4) is 0 Å². The van der Waals surface area contributed by atoms with Gasteiger partial charge < -0.3 is 15.2 Å². The number of para-hydroxylation sites is 1. The lowest BCUT2D eigenvalue weighted by Crippen LogP contribution is -2.48. The summed E-state index contributed by atoms with van der Waals surface area (Å²) in [6.07, 6.45) is 1.67. The molecule has 0 aliphatic heterocycles. The molecule has 0 spiro atoms. The zero-order chi connectivity index (χ0) is 15.7. The average Bonchev–Trinajstić information content (AvgIpc) is 2.46. The fourth-order valence-electron chi connectivity index (χ4n) is 2.02. The maximum absolute atomic E-state index is 12.3. The van der Waals surface area contributed by atoms with Crippen molar-refractivity contribution in [1.29, 1.82) is 0 Å². The molecule has 0 aromatic heterocycles. The van der Waals surface area contributed by atoms with Gasteiger partial charge in [-0.05, 0) is 18.6 Å². The van der Waals surface area contributed by atoms with Crippen molar-refractivity contribution < 1.29 is 19.4 Å². The van der Waals surface area contributed by atoms with Gasteiger partial charge in [-0.2, -0.15) is 0 Å². The van der Waals surface area contributed by atoms with Gasteiger partial charge >= 0.3 is 12.0 Å². The van der Waals surface area contributed by atoms with Gasteiger partial charge in [0.2, 0.25) is 0 Å². The number of carbonyl (C=O) groups excluding carboxylic acids is 1. The quantitative estimate of drug-likeness (QED) is 0.769. The molecule has 1 atom stereocenters. The lowest BCUT2D eigenvalue weighted by atomic mass is 10.2. The molecule has 1 aromatic rings. The predicted molar refractivity (Wildman–Crippen MR) is 80.5 cm³/mol. The molecule has 1 rings (SSSR count). The Bertz CT molecular complexity index is 444. The number of rotatable bonds is 8. The number of amides is 2. The van der Waals surface area contributed by atoms with Crippen molar-refractivity contribution in [2.45, 2.75) is 25.8 Å². The number of methoxy groups -OCH3 is 1. The van der Waals surface area contributed by atoms with Crippen molar-refractivity contribution in [1.82, 2.24) is 5.32 Å². The maximum atomic E-state index is 12.3. The van der Waals surface area contributed by atoms with E-state index in [0.717, 1.165) is 12.8 Å². The number of carbonyl (C=O) groups is 2. The van der Waals surface area contributed by atoms with Crippen LogP contribution in [0.15, 0.2) is 30.3 Å². The van der Waals surface area contributed by atoms with Crippen LogP contribution in [0.5, 0.6) is 0 Å². The maximum Gasteiger partial charge on any atom is 0.323 e. The fraction of sp³-hybridized carbons (Fsp3) is 0.467. The highest BCUT2D eigenvalue weighted by Crippen LogP contribution is 2.13. The third kappa shape index (κ3) is 5.83. The first kappa shape index (κ1) is 17.0. The number of hydrogen-bond donors (Lipinski definition) is 2. The van der Waals surface area contributed by atoms with Crippen molar-refractivity contribution in [3.63, 3.8) is 0 Å². The Hall–Kier alpha value is -2.08. The number of urea groups is 1. The average molecular weight is 294 g/mol. The van der Waals surface area contributed by atoms with Crippen LogP contribution in [0, 0.1) is 0 Å². The molecule has 1 aromatic carbocycles. The van der Waals surface area contributed by atoms with Crippen LogP contribution in [-0.2, 0) is 9.53 Å². The molecular formula is C15H22N2O4. The van der Waals surface area contributed by atoms with Gasteiger partial charge in [-0.3, -0.25) is 9.69 Å². The third-order valence-electron chi connectivity index (χ3n) is 2.94. The molecule has 2 amide bonds. The SMILES string of the molecule is CCCC(COC)NC(=O)N(CC(=O)O)c1ccccc1. The van der Waals surface area contributed by atoms with E-state index in [2.05, 4.69) is 5.32 Å². The molecular weight excluding hydrogens is 272 g/mol. The molecule has 0 heterocycles. The van der Waals surface area contributed by atoms with Crippen LogP contribution in [0.4, 0.5) is 10.5 Å². The van der Waals surface area contributed by atoms with Crippen LogP contribution in [0.2, 0.25) is 0 Å². The lowest BCUT2D eigenvalue weighted by molar-refractivity contribution is -0.135. The summed E-state index contributed by atoms with van der Waals surface area (Å²) in [6, 6.07) is 8.17. The minimum Gasteiger partial charge on any atom is -0.480 e. The summed E-state index contributed by atoms with van der Waals surface area (Å²) in [5.41, 5.74) is 0.546. The van der Waals surface area contributed by atoms with Crippen LogP contribution in [0.1, 0.15) is 19.8 Å². The number of benzene rings is 1. The van der Waals surface area contributed by atoms with E-state index in [1.807, 2.05) is 13.0 Å². The Morgan fingerprint density at radius 3 is 2.52 bits per heavy atom. The molecule has 0 radical (unpaired) electrons. The normalized spacial score (nSPS) is 11.7. The van der Waals surface area contributed by atoms with E-state index in [-0.39, 0.29) is 12.6 Å². The van der Waals surface area contributed by atoms with E-state index in [9.17, 15) is 9.59 Å². The van der Waals surface area contributed by atoms with E-state index in [1.165, 1.54) is 4.90 Å². The lowest BCUT2D eigenvalue weighted by Gasteiger charge is -2.25. The number of carboxylic acid groups (broad SMARTS) is 1. The minimum atomic E-state index is -1.06. The second kappa shape index (κ2) is 8.97. The minimum absolute atomic E-state index is 0.132. The molecule has 6 nitrogen and oxygen atoms in total. The number of nitrogens with one attached hydrogen (secondary N) is 1.